The van der Waals surface area contributed by atoms with Crippen LogP contribution < -0.4 is 14.6 Å². The highest BCUT2D eigenvalue weighted by molar-refractivity contribution is 7.89. The molecule has 0 saturated heterocycles. The van der Waals surface area contributed by atoms with E-state index in [0.29, 0.717) is 10.0 Å². The molecule has 0 amide bonds. The lowest BCUT2D eigenvalue weighted by Crippen LogP contribution is -2.15. The molecule has 0 aliphatic rings. The van der Waals surface area contributed by atoms with Crippen LogP contribution >= 0.6 is 23.2 Å². The minimum Gasteiger partial charge on any atom is -0.478 e. The molecule has 0 aromatic heterocycles. The Morgan fingerprint density at radius 1 is 0.862 bits per heavy atom. The average molecular weight is 454 g/mol. The Morgan fingerprint density at radius 3 is 1.83 bits per heavy atom. The van der Waals surface area contributed by atoms with Crippen LogP contribution in [0.4, 0.5) is 0 Å². The largest absolute Gasteiger partial charge is 0.478 e. The predicted octanol–water partition coefficient (Wildman–Crippen LogP) is 4.92. The van der Waals surface area contributed by atoms with Gasteiger partial charge in [0.15, 0.2) is 5.75 Å². The van der Waals surface area contributed by atoms with E-state index >= 15 is 0 Å². The number of sulfonamides is 1. The normalized spacial score (nSPS) is 11.1. The van der Waals surface area contributed by atoms with Crippen molar-refractivity contribution in [1.29, 1.82) is 0 Å². The molecule has 3 rings (SSSR count). The quantitative estimate of drug-likeness (QED) is 0.546. The Morgan fingerprint density at radius 2 is 1.38 bits per heavy atom. The van der Waals surface area contributed by atoms with E-state index in [1.807, 2.05) is 0 Å². The number of ether oxygens (including phenoxy) is 2. The highest BCUT2D eigenvalue weighted by Gasteiger charge is 2.24. The lowest BCUT2D eigenvalue weighted by Gasteiger charge is -2.15. The van der Waals surface area contributed by atoms with E-state index in [0.717, 1.165) is 12.1 Å². The Balaban J connectivity index is 2.15. The van der Waals surface area contributed by atoms with E-state index in [4.69, 9.17) is 37.8 Å². The summed E-state index contributed by atoms with van der Waals surface area (Å²) in [5.41, 5.74) is -0.424. The van der Waals surface area contributed by atoms with E-state index in [1.54, 1.807) is 36.4 Å². The fourth-order valence-corrected chi connectivity index (χ4v) is 3.43. The van der Waals surface area contributed by atoms with Gasteiger partial charge in [-0.05, 0) is 42.5 Å². The fraction of sp³-hybridized carbons (Fsp3) is 0. The highest BCUT2D eigenvalue weighted by Crippen LogP contribution is 2.37. The van der Waals surface area contributed by atoms with Gasteiger partial charge in [-0.2, -0.15) is 0 Å². The molecule has 0 aliphatic carbocycles. The number of hydrogen-bond acceptors (Lipinski definition) is 5. The maximum atomic E-state index is 12.0. The lowest BCUT2D eigenvalue weighted by molar-refractivity contribution is 0.0694. The molecule has 0 fully saturated rings. The number of halogens is 2. The van der Waals surface area contributed by atoms with Crippen LogP contribution in [-0.2, 0) is 10.0 Å². The van der Waals surface area contributed by atoms with Crippen molar-refractivity contribution in [3.63, 3.8) is 0 Å². The molecule has 7 nitrogen and oxygen atoms in total. The third kappa shape index (κ3) is 5.18. The van der Waals surface area contributed by atoms with E-state index in [9.17, 15) is 18.3 Å². The monoisotopic (exact) mass is 453 g/mol. The Hall–Kier alpha value is -2.78. The first-order valence-electron chi connectivity index (χ1n) is 7.94. The minimum absolute atomic E-state index is 0.163. The van der Waals surface area contributed by atoms with Crippen LogP contribution in [0.5, 0.6) is 23.0 Å². The smallest absolute Gasteiger partial charge is 0.339 e. The molecule has 0 unspecified atom stereocenters. The topological polar surface area (TPSA) is 116 Å². The summed E-state index contributed by atoms with van der Waals surface area (Å²) >= 11 is 11.8. The van der Waals surface area contributed by atoms with E-state index < -0.39 is 26.5 Å². The number of rotatable bonds is 6. The molecular formula is C19H13Cl2NO6S. The molecular weight excluding hydrogens is 441 g/mol. The van der Waals surface area contributed by atoms with Crippen LogP contribution in [0.1, 0.15) is 10.4 Å². The van der Waals surface area contributed by atoms with Crippen molar-refractivity contribution >= 4 is 39.2 Å². The summed E-state index contributed by atoms with van der Waals surface area (Å²) in [6, 6.07) is 14.5. The SMILES string of the molecule is NS(=O)(=O)c1cc(C(=O)O)c(Oc2cccc(Cl)c2)cc1Oc1cccc(Cl)c1. The van der Waals surface area contributed by atoms with E-state index in [-0.39, 0.29) is 23.0 Å². The molecule has 10 heteroatoms. The molecule has 0 heterocycles. The maximum Gasteiger partial charge on any atom is 0.339 e. The van der Waals surface area contributed by atoms with Crippen LogP contribution in [0.15, 0.2) is 65.6 Å². The van der Waals surface area contributed by atoms with Crippen molar-refractivity contribution in [2.24, 2.45) is 5.14 Å². The van der Waals surface area contributed by atoms with Gasteiger partial charge in [-0.3, -0.25) is 0 Å². The Labute approximate surface area is 176 Å². The standard InChI is InChI=1S/C19H13Cl2NO6S/c20-11-3-1-5-13(7-11)27-16-10-17(28-14-6-2-4-12(21)8-14)18(29(22,25)26)9-15(16)19(23)24/h1-10H,(H,23,24)(H2,22,25,26). The summed E-state index contributed by atoms with van der Waals surface area (Å²) in [7, 11) is -4.31. The third-order valence-electron chi connectivity index (χ3n) is 3.63. The van der Waals surface area contributed by atoms with Gasteiger partial charge in [0.2, 0.25) is 10.0 Å². The highest BCUT2D eigenvalue weighted by atomic mass is 35.5. The molecule has 3 N–H and O–H groups in total. The van der Waals surface area contributed by atoms with Crippen LogP contribution in [0, 0.1) is 0 Å². The molecule has 0 saturated carbocycles. The molecule has 150 valence electrons. The predicted molar refractivity (Wildman–Crippen MR) is 108 cm³/mol. The number of nitrogens with two attached hydrogens (primary N) is 1. The van der Waals surface area contributed by atoms with Crippen molar-refractivity contribution in [3.8, 4) is 23.0 Å². The summed E-state index contributed by atoms with van der Waals surface area (Å²) in [5, 5.41) is 15.5. The average Bonchev–Trinajstić information content (AvgIpc) is 2.60. The molecule has 0 bridgehead atoms. The van der Waals surface area contributed by atoms with Gasteiger partial charge in [-0.25, -0.2) is 18.4 Å². The zero-order valence-electron chi connectivity index (χ0n) is 14.5. The zero-order valence-corrected chi connectivity index (χ0v) is 16.8. The molecule has 0 radical (unpaired) electrons. The van der Waals surface area contributed by atoms with Crippen molar-refractivity contribution in [2.45, 2.75) is 4.90 Å². The van der Waals surface area contributed by atoms with Crippen LogP contribution in [0.25, 0.3) is 0 Å². The number of hydrogen-bond donors (Lipinski definition) is 2. The number of carboxylic acid groups (broad SMARTS) is 1. The minimum atomic E-state index is -4.31. The van der Waals surface area contributed by atoms with Gasteiger partial charge in [0.1, 0.15) is 27.7 Å². The second kappa shape index (κ2) is 8.30. The first-order valence-corrected chi connectivity index (χ1v) is 10.2. The van der Waals surface area contributed by atoms with Crippen molar-refractivity contribution in [2.75, 3.05) is 0 Å². The number of aromatic carboxylic acids is 1. The second-order valence-corrected chi connectivity index (χ2v) is 8.17. The number of carboxylic acids is 1. The molecule has 29 heavy (non-hydrogen) atoms. The van der Waals surface area contributed by atoms with Crippen molar-refractivity contribution < 1.29 is 27.8 Å². The van der Waals surface area contributed by atoms with Crippen LogP contribution in [-0.4, -0.2) is 19.5 Å². The summed E-state index contributed by atoms with van der Waals surface area (Å²) in [5.74, 6) is -1.33. The second-order valence-electron chi connectivity index (χ2n) is 5.76. The summed E-state index contributed by atoms with van der Waals surface area (Å²) in [4.78, 5) is 11.2. The first-order chi connectivity index (χ1) is 13.6. The van der Waals surface area contributed by atoms with Gasteiger partial charge < -0.3 is 14.6 Å². The van der Waals surface area contributed by atoms with Crippen molar-refractivity contribution in [3.05, 3.63) is 76.3 Å². The van der Waals surface area contributed by atoms with Crippen LogP contribution in [0.2, 0.25) is 10.0 Å². The number of benzene rings is 3. The van der Waals surface area contributed by atoms with Gasteiger partial charge in [-0.15, -0.1) is 0 Å². The van der Waals surface area contributed by atoms with E-state index in [2.05, 4.69) is 0 Å². The molecule has 3 aromatic rings. The van der Waals surface area contributed by atoms with Gasteiger partial charge >= 0.3 is 5.97 Å². The summed E-state index contributed by atoms with van der Waals surface area (Å²) < 4.78 is 35.3. The Kier molecular flexibility index (Phi) is 5.99. The Bertz CT molecular complexity index is 1200. The van der Waals surface area contributed by atoms with Crippen molar-refractivity contribution in [1.82, 2.24) is 0 Å². The van der Waals surface area contributed by atoms with Gasteiger partial charge in [0.25, 0.3) is 0 Å². The number of carbonyl (C=O) groups is 1. The van der Waals surface area contributed by atoms with Gasteiger partial charge in [0, 0.05) is 16.1 Å². The maximum absolute atomic E-state index is 12.0. The van der Waals surface area contributed by atoms with Gasteiger partial charge in [0.05, 0.1) is 0 Å². The fourth-order valence-electron chi connectivity index (χ4n) is 2.41. The van der Waals surface area contributed by atoms with Crippen LogP contribution in [0.3, 0.4) is 0 Å². The molecule has 0 atom stereocenters. The first kappa shape index (κ1) is 20.9. The molecule has 0 aliphatic heterocycles. The molecule has 3 aromatic carbocycles. The summed E-state index contributed by atoms with van der Waals surface area (Å²) in [6.45, 7) is 0. The molecule has 0 spiro atoms. The number of primary sulfonamides is 1. The van der Waals surface area contributed by atoms with E-state index in [1.165, 1.54) is 12.1 Å². The lowest BCUT2D eigenvalue weighted by atomic mass is 10.2. The zero-order chi connectivity index (χ0) is 21.2. The van der Waals surface area contributed by atoms with Gasteiger partial charge in [-0.1, -0.05) is 35.3 Å². The summed E-state index contributed by atoms with van der Waals surface area (Å²) in [6.07, 6.45) is 0. The third-order valence-corrected chi connectivity index (χ3v) is 5.03.